The third-order valence-corrected chi connectivity index (χ3v) is 7.72. The molecular weight excluding hydrogens is 458 g/mol. The second kappa shape index (κ2) is 10.2. The zero-order valence-corrected chi connectivity index (χ0v) is 20.7. The molecule has 1 saturated carbocycles. The second-order valence-corrected chi connectivity index (χ2v) is 9.90. The van der Waals surface area contributed by atoms with Crippen LogP contribution in [-0.4, -0.2) is 61.6 Å². The summed E-state index contributed by atoms with van der Waals surface area (Å²) in [7, 11) is 1.65. The Bertz CT molecular complexity index is 1120. The lowest BCUT2D eigenvalue weighted by Crippen LogP contribution is -2.48. The van der Waals surface area contributed by atoms with E-state index in [0.29, 0.717) is 24.3 Å². The van der Waals surface area contributed by atoms with Gasteiger partial charge >= 0.3 is 5.97 Å². The van der Waals surface area contributed by atoms with Gasteiger partial charge in [-0.05, 0) is 68.1 Å². The minimum Gasteiger partial charge on any atom is -0.497 e. The van der Waals surface area contributed by atoms with E-state index in [-0.39, 0.29) is 24.2 Å². The average Bonchev–Trinajstić information content (AvgIpc) is 3.23. The zero-order chi connectivity index (χ0) is 25.1. The first-order chi connectivity index (χ1) is 17.5. The van der Waals surface area contributed by atoms with Gasteiger partial charge in [0.15, 0.2) is 0 Å². The highest BCUT2D eigenvalue weighted by atomic mass is 16.6. The number of hydrogen-bond acceptors (Lipinski definition) is 6. The molecule has 190 valence electrons. The van der Waals surface area contributed by atoms with Gasteiger partial charge in [0.2, 0.25) is 5.91 Å². The lowest BCUT2D eigenvalue weighted by molar-refractivity contribution is -0.153. The molecule has 8 heteroatoms. The van der Waals surface area contributed by atoms with E-state index in [0.717, 1.165) is 56.6 Å². The Morgan fingerprint density at radius 1 is 1.00 bits per heavy atom. The van der Waals surface area contributed by atoms with E-state index < -0.39 is 11.5 Å². The Morgan fingerprint density at radius 3 is 2.42 bits per heavy atom. The molecule has 3 fully saturated rings. The molecule has 1 atom stereocenters. The van der Waals surface area contributed by atoms with Crippen molar-refractivity contribution in [3.8, 4) is 5.75 Å². The van der Waals surface area contributed by atoms with Gasteiger partial charge in [-0.25, -0.2) is 0 Å². The van der Waals surface area contributed by atoms with Crippen LogP contribution >= 0.6 is 0 Å². The molecule has 2 aliphatic heterocycles. The molecule has 3 aliphatic rings. The number of benzene rings is 2. The molecule has 2 saturated heterocycles. The molecular formula is C28H33N3O5. The van der Waals surface area contributed by atoms with Crippen LogP contribution in [0.4, 0.5) is 11.4 Å². The molecule has 1 aliphatic carbocycles. The SMILES string of the molecule is COc1ccc(N2CCN(C(=O)c3cccc(NC(=O)C4CC(=O)OC45CCCCC5)c3)CC2)cc1. The normalized spacial score (nSPS) is 21.2. The first kappa shape index (κ1) is 24.2. The Balaban J connectivity index is 1.21. The van der Waals surface area contributed by atoms with Gasteiger partial charge in [0.1, 0.15) is 11.4 Å². The largest absolute Gasteiger partial charge is 0.497 e. The maximum atomic E-state index is 13.2. The third kappa shape index (κ3) is 4.90. The minimum atomic E-state index is -0.670. The number of hydrogen-bond donors (Lipinski definition) is 1. The first-order valence-electron chi connectivity index (χ1n) is 12.8. The van der Waals surface area contributed by atoms with E-state index in [4.69, 9.17) is 9.47 Å². The molecule has 1 unspecified atom stereocenters. The van der Waals surface area contributed by atoms with Crippen molar-refractivity contribution in [1.29, 1.82) is 0 Å². The van der Waals surface area contributed by atoms with Gasteiger partial charge in [-0.1, -0.05) is 12.5 Å². The summed E-state index contributed by atoms with van der Waals surface area (Å²) in [4.78, 5) is 42.6. The molecule has 2 heterocycles. The van der Waals surface area contributed by atoms with Crippen molar-refractivity contribution in [2.45, 2.75) is 44.1 Å². The number of ether oxygens (including phenoxy) is 2. The van der Waals surface area contributed by atoms with E-state index in [1.807, 2.05) is 29.2 Å². The van der Waals surface area contributed by atoms with Crippen molar-refractivity contribution < 1.29 is 23.9 Å². The predicted octanol–water partition coefficient (Wildman–Crippen LogP) is 3.86. The summed E-state index contributed by atoms with van der Waals surface area (Å²) in [5.74, 6) is -0.227. The molecule has 8 nitrogen and oxygen atoms in total. The van der Waals surface area contributed by atoms with Crippen molar-refractivity contribution in [2.24, 2.45) is 5.92 Å². The number of carbonyl (C=O) groups excluding carboxylic acids is 3. The van der Waals surface area contributed by atoms with Crippen molar-refractivity contribution in [1.82, 2.24) is 4.90 Å². The van der Waals surface area contributed by atoms with Crippen LogP contribution in [0.15, 0.2) is 48.5 Å². The topological polar surface area (TPSA) is 88.2 Å². The van der Waals surface area contributed by atoms with Crippen LogP contribution < -0.4 is 15.0 Å². The summed E-state index contributed by atoms with van der Waals surface area (Å²) < 4.78 is 10.9. The van der Waals surface area contributed by atoms with Crippen LogP contribution in [0.1, 0.15) is 48.9 Å². The lowest BCUT2D eigenvalue weighted by atomic mass is 9.75. The summed E-state index contributed by atoms with van der Waals surface area (Å²) in [6, 6.07) is 15.0. The van der Waals surface area contributed by atoms with Gasteiger partial charge in [0, 0.05) is 43.1 Å². The number of piperazine rings is 1. The fraction of sp³-hybridized carbons (Fsp3) is 0.464. The van der Waals surface area contributed by atoms with Gasteiger partial charge in [0.25, 0.3) is 5.91 Å². The Labute approximate surface area is 211 Å². The van der Waals surface area contributed by atoms with Crippen molar-refractivity contribution >= 4 is 29.2 Å². The van der Waals surface area contributed by atoms with E-state index in [1.54, 1.807) is 31.4 Å². The molecule has 1 spiro atoms. The average molecular weight is 492 g/mol. The summed E-state index contributed by atoms with van der Waals surface area (Å²) in [6.07, 6.45) is 4.62. The number of nitrogens with one attached hydrogen (secondary N) is 1. The number of rotatable bonds is 5. The van der Waals surface area contributed by atoms with E-state index >= 15 is 0 Å². The van der Waals surface area contributed by atoms with Crippen LogP contribution in [0, 0.1) is 5.92 Å². The zero-order valence-electron chi connectivity index (χ0n) is 20.7. The quantitative estimate of drug-likeness (QED) is 0.639. The summed E-state index contributed by atoms with van der Waals surface area (Å²) in [5.41, 5.74) is 1.54. The monoisotopic (exact) mass is 491 g/mol. The van der Waals surface area contributed by atoms with Crippen LogP contribution in [0.5, 0.6) is 5.75 Å². The Hall–Kier alpha value is -3.55. The van der Waals surface area contributed by atoms with E-state index in [1.165, 1.54) is 0 Å². The molecule has 2 aromatic rings. The number of carbonyl (C=O) groups is 3. The number of anilines is 2. The van der Waals surface area contributed by atoms with Gasteiger partial charge in [-0.3, -0.25) is 14.4 Å². The Kier molecular flexibility index (Phi) is 6.85. The molecule has 2 amide bonds. The van der Waals surface area contributed by atoms with E-state index in [9.17, 15) is 14.4 Å². The second-order valence-electron chi connectivity index (χ2n) is 9.90. The van der Waals surface area contributed by atoms with Gasteiger partial charge in [-0.2, -0.15) is 0 Å². The number of amides is 2. The standard InChI is InChI=1S/C28H33N3O5/c1-35-23-10-8-22(9-11-23)30-14-16-31(17-15-30)27(34)20-6-5-7-21(18-20)29-26(33)24-19-25(32)36-28(24)12-3-2-4-13-28/h5-11,18,24H,2-4,12-17,19H2,1H3,(H,29,33). The maximum absolute atomic E-state index is 13.2. The van der Waals surface area contributed by atoms with Crippen LogP contribution in [0.2, 0.25) is 0 Å². The molecule has 0 radical (unpaired) electrons. The Morgan fingerprint density at radius 2 is 1.72 bits per heavy atom. The van der Waals surface area contributed by atoms with Crippen molar-refractivity contribution in [3.63, 3.8) is 0 Å². The van der Waals surface area contributed by atoms with Crippen molar-refractivity contribution in [2.75, 3.05) is 43.5 Å². The highest BCUT2D eigenvalue weighted by Crippen LogP contribution is 2.44. The van der Waals surface area contributed by atoms with Crippen molar-refractivity contribution in [3.05, 3.63) is 54.1 Å². The van der Waals surface area contributed by atoms with E-state index in [2.05, 4.69) is 10.2 Å². The molecule has 36 heavy (non-hydrogen) atoms. The molecule has 5 rings (SSSR count). The van der Waals surface area contributed by atoms with Gasteiger partial charge in [-0.15, -0.1) is 0 Å². The van der Waals surface area contributed by atoms with Crippen LogP contribution in [0.3, 0.4) is 0 Å². The number of nitrogens with zero attached hydrogens (tertiary/aromatic N) is 2. The molecule has 2 aromatic carbocycles. The lowest BCUT2D eigenvalue weighted by Gasteiger charge is -2.36. The smallest absolute Gasteiger partial charge is 0.307 e. The highest BCUT2D eigenvalue weighted by Gasteiger charge is 2.52. The molecule has 1 N–H and O–H groups in total. The molecule has 0 bridgehead atoms. The first-order valence-corrected chi connectivity index (χ1v) is 12.8. The summed E-state index contributed by atoms with van der Waals surface area (Å²) >= 11 is 0. The fourth-order valence-corrected chi connectivity index (χ4v) is 5.73. The summed E-state index contributed by atoms with van der Waals surface area (Å²) in [5, 5.41) is 2.95. The number of esters is 1. The predicted molar refractivity (Wildman–Crippen MR) is 136 cm³/mol. The maximum Gasteiger partial charge on any atom is 0.307 e. The number of methoxy groups -OCH3 is 1. The van der Waals surface area contributed by atoms with Gasteiger partial charge < -0.3 is 24.6 Å². The minimum absolute atomic E-state index is 0.0522. The van der Waals surface area contributed by atoms with Crippen LogP contribution in [0.25, 0.3) is 0 Å². The van der Waals surface area contributed by atoms with Crippen LogP contribution in [-0.2, 0) is 14.3 Å². The summed E-state index contributed by atoms with van der Waals surface area (Å²) in [6.45, 7) is 2.72. The van der Waals surface area contributed by atoms with Gasteiger partial charge in [0.05, 0.1) is 19.4 Å². The molecule has 0 aromatic heterocycles. The highest BCUT2D eigenvalue weighted by molar-refractivity contribution is 5.99. The fourth-order valence-electron chi connectivity index (χ4n) is 5.73. The third-order valence-electron chi connectivity index (χ3n) is 7.72.